The van der Waals surface area contributed by atoms with Gasteiger partial charge in [-0.3, -0.25) is 0 Å². The molecule has 0 amide bonds. The van der Waals surface area contributed by atoms with Gasteiger partial charge in [-0.2, -0.15) is 0 Å². The molecule has 2 aromatic heterocycles. The Morgan fingerprint density at radius 2 is 1.05 bits per heavy atom. The van der Waals surface area contributed by atoms with E-state index in [0.29, 0.717) is 0 Å². The van der Waals surface area contributed by atoms with E-state index in [4.69, 9.17) is 0 Å². The van der Waals surface area contributed by atoms with E-state index >= 15 is 0 Å². The molecular weight excluding hydrogens is 508 g/mol. The average molecular weight is 535 g/mol. The van der Waals surface area contributed by atoms with Gasteiger partial charge in [0.25, 0.3) is 0 Å². The highest BCUT2D eigenvalue weighted by Crippen LogP contribution is 2.40. The molecule has 0 unspecified atom stereocenters. The van der Waals surface area contributed by atoms with Crippen molar-refractivity contribution < 1.29 is 0 Å². The number of nitrogens with zero attached hydrogens (tertiary/aromatic N) is 2. The fourth-order valence-electron chi connectivity index (χ4n) is 6.87. The summed E-state index contributed by atoms with van der Waals surface area (Å²) in [5.41, 5.74) is 8.47. The average Bonchev–Trinajstić information content (AvgIpc) is 3.63. The second kappa shape index (κ2) is 8.95. The summed E-state index contributed by atoms with van der Waals surface area (Å²) in [4.78, 5) is 0. The normalized spacial score (nSPS) is 11.8. The van der Waals surface area contributed by atoms with Crippen LogP contribution in [0.1, 0.15) is 0 Å². The molecule has 0 radical (unpaired) electrons. The van der Waals surface area contributed by atoms with Crippen LogP contribution in [0.3, 0.4) is 0 Å². The summed E-state index contributed by atoms with van der Waals surface area (Å²) in [5, 5.41) is 8.82. The SMILES string of the molecule is c1ccc(-n2ccc3ccc4c5ccccc5n(-c5cccc(-c6c7ccccc7cc7ccccc67)c5)c4c32)cc1. The summed E-state index contributed by atoms with van der Waals surface area (Å²) in [6.45, 7) is 0. The Balaban J connectivity index is 1.39. The maximum atomic E-state index is 2.46. The summed E-state index contributed by atoms with van der Waals surface area (Å²) in [5.74, 6) is 0. The molecule has 0 bridgehead atoms. The monoisotopic (exact) mass is 534 g/mol. The Labute approximate surface area is 243 Å². The van der Waals surface area contributed by atoms with Gasteiger partial charge in [-0.1, -0.05) is 109 Å². The maximum absolute atomic E-state index is 2.46. The van der Waals surface area contributed by atoms with Crippen LogP contribution >= 0.6 is 0 Å². The molecule has 196 valence electrons. The van der Waals surface area contributed by atoms with Crippen molar-refractivity contribution in [2.45, 2.75) is 0 Å². The van der Waals surface area contributed by atoms with E-state index in [1.54, 1.807) is 0 Å². The summed E-state index contributed by atoms with van der Waals surface area (Å²) in [6.07, 6.45) is 2.19. The lowest BCUT2D eigenvalue weighted by Crippen LogP contribution is -1.98. The quantitative estimate of drug-likeness (QED) is 0.200. The molecule has 7 aromatic carbocycles. The third-order valence-corrected chi connectivity index (χ3v) is 8.68. The Hall–Kier alpha value is -5.60. The van der Waals surface area contributed by atoms with Gasteiger partial charge in [0.1, 0.15) is 0 Å². The summed E-state index contributed by atoms with van der Waals surface area (Å²) in [7, 11) is 0. The second-order valence-electron chi connectivity index (χ2n) is 11.0. The van der Waals surface area contributed by atoms with E-state index in [1.807, 2.05) is 0 Å². The van der Waals surface area contributed by atoms with Gasteiger partial charge in [-0.15, -0.1) is 0 Å². The van der Waals surface area contributed by atoms with Crippen LogP contribution in [0.5, 0.6) is 0 Å². The molecule has 0 spiro atoms. The van der Waals surface area contributed by atoms with Crippen LogP contribution in [-0.4, -0.2) is 9.13 Å². The molecule has 0 N–H and O–H groups in total. The third-order valence-electron chi connectivity index (χ3n) is 8.68. The number of rotatable bonds is 3. The molecule has 0 saturated heterocycles. The molecule has 2 heterocycles. The van der Waals surface area contributed by atoms with Crippen LogP contribution in [0.15, 0.2) is 158 Å². The number of para-hydroxylation sites is 2. The van der Waals surface area contributed by atoms with Crippen molar-refractivity contribution >= 4 is 54.3 Å². The molecule has 9 rings (SSSR count). The largest absolute Gasteiger partial charge is 0.315 e. The van der Waals surface area contributed by atoms with E-state index in [0.717, 1.165) is 11.4 Å². The molecular formula is C40H26N2. The molecule has 0 aliphatic rings. The lowest BCUT2D eigenvalue weighted by molar-refractivity contribution is 1.12. The van der Waals surface area contributed by atoms with E-state index in [9.17, 15) is 0 Å². The molecule has 0 aliphatic heterocycles. The highest BCUT2D eigenvalue weighted by Gasteiger charge is 2.18. The molecule has 2 heteroatoms. The lowest BCUT2D eigenvalue weighted by Gasteiger charge is -2.15. The zero-order chi connectivity index (χ0) is 27.6. The molecule has 0 saturated carbocycles. The minimum Gasteiger partial charge on any atom is -0.315 e. The smallest absolute Gasteiger partial charge is 0.0788 e. The van der Waals surface area contributed by atoms with Crippen LogP contribution in [-0.2, 0) is 0 Å². The maximum Gasteiger partial charge on any atom is 0.0788 e. The van der Waals surface area contributed by atoms with Crippen molar-refractivity contribution in [1.82, 2.24) is 9.13 Å². The number of fused-ring (bicyclic) bond motifs is 7. The van der Waals surface area contributed by atoms with Crippen LogP contribution in [0.4, 0.5) is 0 Å². The van der Waals surface area contributed by atoms with Crippen LogP contribution in [0, 0.1) is 0 Å². The predicted octanol–water partition coefficient (Wildman–Crippen LogP) is 10.7. The molecule has 42 heavy (non-hydrogen) atoms. The summed E-state index contributed by atoms with van der Waals surface area (Å²) >= 11 is 0. The van der Waals surface area contributed by atoms with Crippen LogP contribution in [0.2, 0.25) is 0 Å². The Bertz CT molecular complexity index is 2400. The molecule has 0 fully saturated rings. The third kappa shape index (κ3) is 3.33. The first kappa shape index (κ1) is 23.1. The van der Waals surface area contributed by atoms with Gasteiger partial charge in [0.2, 0.25) is 0 Å². The Morgan fingerprint density at radius 1 is 0.381 bits per heavy atom. The fourth-order valence-corrected chi connectivity index (χ4v) is 6.87. The van der Waals surface area contributed by atoms with Gasteiger partial charge in [0.15, 0.2) is 0 Å². The van der Waals surface area contributed by atoms with Crippen molar-refractivity contribution in [2.75, 3.05) is 0 Å². The standard InChI is InChI=1S/C40H26N2/c1-2-14-31(15-3-1)41-24-23-27-21-22-36-35-19-8-9-20-37(35)42(40(36)39(27)41)32-16-10-13-30(26-32)38-33-17-6-4-11-28(33)25-29-12-5-7-18-34(29)38/h1-26H. The summed E-state index contributed by atoms with van der Waals surface area (Å²) in [6, 6.07) is 55.1. The van der Waals surface area contributed by atoms with Crippen molar-refractivity contribution in [1.29, 1.82) is 0 Å². The van der Waals surface area contributed by atoms with Gasteiger partial charge in [-0.25, -0.2) is 0 Å². The van der Waals surface area contributed by atoms with Gasteiger partial charge in [-0.05, 0) is 75.1 Å². The van der Waals surface area contributed by atoms with Crippen molar-refractivity contribution in [2.24, 2.45) is 0 Å². The second-order valence-corrected chi connectivity index (χ2v) is 11.0. The zero-order valence-corrected chi connectivity index (χ0v) is 22.9. The first-order valence-electron chi connectivity index (χ1n) is 14.5. The Kier molecular flexibility index (Phi) is 4.93. The van der Waals surface area contributed by atoms with Crippen molar-refractivity contribution in [3.63, 3.8) is 0 Å². The van der Waals surface area contributed by atoms with Gasteiger partial charge >= 0.3 is 0 Å². The van der Waals surface area contributed by atoms with Crippen LogP contribution in [0.25, 0.3) is 76.8 Å². The number of hydrogen-bond donors (Lipinski definition) is 0. The van der Waals surface area contributed by atoms with Gasteiger partial charge in [0, 0.05) is 33.7 Å². The highest BCUT2D eigenvalue weighted by atomic mass is 15.0. The number of benzene rings is 7. The summed E-state index contributed by atoms with van der Waals surface area (Å²) < 4.78 is 4.79. The first-order valence-corrected chi connectivity index (χ1v) is 14.5. The minimum atomic E-state index is 1.16. The van der Waals surface area contributed by atoms with E-state index < -0.39 is 0 Å². The van der Waals surface area contributed by atoms with Gasteiger partial charge < -0.3 is 9.13 Å². The van der Waals surface area contributed by atoms with Crippen molar-refractivity contribution in [3.8, 4) is 22.5 Å². The van der Waals surface area contributed by atoms with E-state index in [2.05, 4.69) is 167 Å². The fraction of sp³-hybridized carbons (Fsp3) is 0. The zero-order valence-electron chi connectivity index (χ0n) is 22.9. The van der Waals surface area contributed by atoms with Crippen LogP contribution < -0.4 is 0 Å². The lowest BCUT2D eigenvalue weighted by atomic mass is 9.92. The molecule has 0 atom stereocenters. The minimum absolute atomic E-state index is 1.16. The number of hydrogen-bond acceptors (Lipinski definition) is 0. The Morgan fingerprint density at radius 3 is 1.83 bits per heavy atom. The predicted molar refractivity (Wildman–Crippen MR) is 178 cm³/mol. The number of aromatic nitrogens is 2. The first-order chi connectivity index (χ1) is 20.8. The molecule has 2 nitrogen and oxygen atoms in total. The highest BCUT2D eigenvalue weighted by molar-refractivity contribution is 6.18. The van der Waals surface area contributed by atoms with Crippen molar-refractivity contribution in [3.05, 3.63) is 158 Å². The topological polar surface area (TPSA) is 9.86 Å². The van der Waals surface area contributed by atoms with E-state index in [-0.39, 0.29) is 0 Å². The molecule has 0 aliphatic carbocycles. The van der Waals surface area contributed by atoms with E-state index in [1.165, 1.54) is 65.4 Å². The molecule has 9 aromatic rings. The van der Waals surface area contributed by atoms with Gasteiger partial charge in [0.05, 0.1) is 16.6 Å².